The van der Waals surface area contributed by atoms with Crippen LogP contribution in [0.5, 0.6) is 0 Å². The number of piperidine rings is 1. The van der Waals surface area contributed by atoms with E-state index in [9.17, 15) is 4.79 Å². The number of pyridine rings is 2. The normalized spacial score (nSPS) is 17.1. The van der Waals surface area contributed by atoms with E-state index in [4.69, 9.17) is 10.7 Å². The van der Waals surface area contributed by atoms with Gasteiger partial charge in [-0.3, -0.25) is 9.78 Å². The number of hydrogen-bond donors (Lipinski definition) is 1. The van der Waals surface area contributed by atoms with Gasteiger partial charge in [-0.2, -0.15) is 5.10 Å². The number of nitrogens with two attached hydrogens (primary N) is 1. The van der Waals surface area contributed by atoms with Gasteiger partial charge in [0.05, 0.1) is 29.5 Å². The summed E-state index contributed by atoms with van der Waals surface area (Å²) in [5.74, 6) is 0.800. The molecule has 154 valence electrons. The van der Waals surface area contributed by atoms with Crippen molar-refractivity contribution in [3.8, 4) is 0 Å². The standard InChI is InChI=1S/C21H24N8O/c1-2-28-19-18(26-21(28)27-10-4-5-14(22)12-27)11-24-29(20(19)30)13-15-7-8-16-17(25-15)6-3-9-23-16/h3,6-9,11,14H,2,4-5,10,12-13,22H2,1H3/t14-/m1/s1. The van der Waals surface area contributed by atoms with Gasteiger partial charge >= 0.3 is 0 Å². The van der Waals surface area contributed by atoms with Crippen LogP contribution in [0.4, 0.5) is 5.95 Å². The molecule has 1 saturated heterocycles. The van der Waals surface area contributed by atoms with Crippen LogP contribution in [0.3, 0.4) is 0 Å². The molecule has 0 radical (unpaired) electrons. The third-order valence-electron chi connectivity index (χ3n) is 5.61. The van der Waals surface area contributed by atoms with Crippen LogP contribution in [0.2, 0.25) is 0 Å². The van der Waals surface area contributed by atoms with Crippen LogP contribution in [0.15, 0.2) is 41.5 Å². The first-order valence-corrected chi connectivity index (χ1v) is 10.3. The number of imidazole rings is 1. The molecule has 0 spiro atoms. The van der Waals surface area contributed by atoms with Crippen LogP contribution in [0.25, 0.3) is 22.1 Å². The molecular weight excluding hydrogens is 380 g/mol. The number of anilines is 1. The number of rotatable bonds is 4. The predicted octanol–water partition coefficient (Wildman–Crippen LogP) is 1.53. The maximum Gasteiger partial charge on any atom is 0.293 e. The van der Waals surface area contributed by atoms with Gasteiger partial charge in [0.25, 0.3) is 5.56 Å². The summed E-state index contributed by atoms with van der Waals surface area (Å²) >= 11 is 0. The maximum atomic E-state index is 13.3. The Hall–Kier alpha value is -3.33. The summed E-state index contributed by atoms with van der Waals surface area (Å²) in [7, 11) is 0. The van der Waals surface area contributed by atoms with Crippen molar-refractivity contribution in [1.29, 1.82) is 0 Å². The molecule has 0 amide bonds. The Morgan fingerprint density at radius 1 is 1.17 bits per heavy atom. The molecular formula is C21H24N8O. The van der Waals surface area contributed by atoms with E-state index in [2.05, 4.69) is 20.0 Å². The van der Waals surface area contributed by atoms with Crippen molar-refractivity contribution >= 4 is 28.0 Å². The van der Waals surface area contributed by atoms with Crippen molar-refractivity contribution in [1.82, 2.24) is 29.3 Å². The summed E-state index contributed by atoms with van der Waals surface area (Å²) < 4.78 is 3.43. The van der Waals surface area contributed by atoms with Crippen molar-refractivity contribution in [2.24, 2.45) is 5.73 Å². The molecule has 0 unspecified atom stereocenters. The highest BCUT2D eigenvalue weighted by Gasteiger charge is 2.24. The van der Waals surface area contributed by atoms with Crippen molar-refractivity contribution in [3.05, 3.63) is 52.7 Å². The van der Waals surface area contributed by atoms with Gasteiger partial charge in [0.1, 0.15) is 11.0 Å². The van der Waals surface area contributed by atoms with E-state index in [-0.39, 0.29) is 11.6 Å². The first-order valence-electron chi connectivity index (χ1n) is 10.3. The van der Waals surface area contributed by atoms with Crippen LogP contribution in [0.1, 0.15) is 25.5 Å². The fraction of sp³-hybridized carbons (Fsp3) is 0.381. The molecule has 30 heavy (non-hydrogen) atoms. The van der Waals surface area contributed by atoms with Crippen molar-refractivity contribution in [2.75, 3.05) is 18.0 Å². The first-order chi connectivity index (χ1) is 14.6. The van der Waals surface area contributed by atoms with Gasteiger partial charge < -0.3 is 15.2 Å². The molecule has 5 rings (SSSR count). The molecule has 0 aliphatic carbocycles. The minimum absolute atomic E-state index is 0.132. The van der Waals surface area contributed by atoms with E-state index in [1.54, 1.807) is 12.4 Å². The third kappa shape index (κ3) is 3.21. The lowest BCUT2D eigenvalue weighted by molar-refractivity contribution is 0.494. The fourth-order valence-corrected chi connectivity index (χ4v) is 4.16. The van der Waals surface area contributed by atoms with Crippen molar-refractivity contribution in [3.63, 3.8) is 0 Å². The van der Waals surface area contributed by atoms with Gasteiger partial charge in [-0.05, 0) is 44.0 Å². The maximum absolute atomic E-state index is 13.3. The minimum Gasteiger partial charge on any atom is -0.341 e. The molecule has 2 N–H and O–H groups in total. The second kappa shape index (κ2) is 7.49. The predicted molar refractivity (Wildman–Crippen MR) is 116 cm³/mol. The summed E-state index contributed by atoms with van der Waals surface area (Å²) in [6.07, 6.45) is 5.45. The SMILES string of the molecule is CCn1c(N2CCC[C@@H](N)C2)nc2cnn(Cc3ccc4ncccc4n3)c(=O)c21. The smallest absolute Gasteiger partial charge is 0.293 e. The molecule has 5 heterocycles. The molecule has 0 saturated carbocycles. The molecule has 1 fully saturated rings. The summed E-state index contributed by atoms with van der Waals surface area (Å²) in [5, 5.41) is 4.36. The van der Waals surface area contributed by atoms with Gasteiger partial charge in [-0.1, -0.05) is 0 Å². The lowest BCUT2D eigenvalue weighted by atomic mass is 10.1. The minimum atomic E-state index is -0.164. The average Bonchev–Trinajstić information content (AvgIpc) is 3.15. The highest BCUT2D eigenvalue weighted by atomic mass is 16.1. The van der Waals surface area contributed by atoms with Crippen LogP contribution in [-0.4, -0.2) is 48.4 Å². The van der Waals surface area contributed by atoms with E-state index in [0.717, 1.165) is 48.6 Å². The van der Waals surface area contributed by atoms with Crippen LogP contribution in [-0.2, 0) is 13.1 Å². The third-order valence-corrected chi connectivity index (χ3v) is 5.61. The molecule has 0 aromatic carbocycles. The summed E-state index contributed by atoms with van der Waals surface area (Å²) in [5.41, 5.74) is 9.56. The van der Waals surface area contributed by atoms with Crippen LogP contribution >= 0.6 is 0 Å². The van der Waals surface area contributed by atoms with Gasteiger partial charge in [0, 0.05) is 31.9 Å². The Kier molecular flexibility index (Phi) is 4.66. The number of nitrogens with zero attached hydrogens (tertiary/aromatic N) is 7. The van der Waals surface area contributed by atoms with Gasteiger partial charge in [0.2, 0.25) is 5.95 Å². The number of aryl methyl sites for hydroxylation is 1. The Morgan fingerprint density at radius 2 is 2.07 bits per heavy atom. The molecule has 4 aromatic rings. The summed E-state index contributed by atoms with van der Waals surface area (Å²) in [6.45, 7) is 4.61. The van der Waals surface area contributed by atoms with E-state index in [1.807, 2.05) is 35.8 Å². The lowest BCUT2D eigenvalue weighted by Gasteiger charge is -2.31. The van der Waals surface area contributed by atoms with Crippen molar-refractivity contribution in [2.45, 2.75) is 38.9 Å². The quantitative estimate of drug-likeness (QED) is 0.549. The van der Waals surface area contributed by atoms with E-state index in [0.29, 0.717) is 24.1 Å². The van der Waals surface area contributed by atoms with Crippen LogP contribution < -0.4 is 16.2 Å². The molecule has 9 heteroatoms. The summed E-state index contributed by atoms with van der Waals surface area (Å²) in [6, 6.07) is 7.68. The molecule has 1 aliphatic rings. The Morgan fingerprint density at radius 3 is 2.90 bits per heavy atom. The van der Waals surface area contributed by atoms with Crippen LogP contribution in [0, 0.1) is 0 Å². The molecule has 0 bridgehead atoms. The van der Waals surface area contributed by atoms with E-state index >= 15 is 0 Å². The van der Waals surface area contributed by atoms with E-state index < -0.39 is 0 Å². The Bertz CT molecular complexity index is 1280. The highest BCUT2D eigenvalue weighted by Crippen LogP contribution is 2.23. The zero-order valence-corrected chi connectivity index (χ0v) is 16.9. The lowest BCUT2D eigenvalue weighted by Crippen LogP contribution is -2.44. The van der Waals surface area contributed by atoms with Crippen molar-refractivity contribution < 1.29 is 0 Å². The largest absolute Gasteiger partial charge is 0.341 e. The monoisotopic (exact) mass is 404 g/mol. The van der Waals surface area contributed by atoms with Gasteiger partial charge in [0.15, 0.2) is 0 Å². The second-order valence-electron chi connectivity index (χ2n) is 7.69. The Balaban J connectivity index is 1.55. The highest BCUT2D eigenvalue weighted by molar-refractivity contribution is 5.77. The molecule has 1 atom stereocenters. The zero-order valence-electron chi connectivity index (χ0n) is 16.9. The second-order valence-corrected chi connectivity index (χ2v) is 7.69. The number of hydrogen-bond acceptors (Lipinski definition) is 7. The molecule has 1 aliphatic heterocycles. The first kappa shape index (κ1) is 18.7. The average molecular weight is 404 g/mol. The van der Waals surface area contributed by atoms with E-state index in [1.165, 1.54) is 4.68 Å². The zero-order chi connectivity index (χ0) is 20.7. The topological polar surface area (TPSA) is 108 Å². The van der Waals surface area contributed by atoms with Gasteiger partial charge in [-0.25, -0.2) is 14.6 Å². The molecule has 9 nitrogen and oxygen atoms in total. The Labute approximate surface area is 173 Å². The fourth-order valence-electron chi connectivity index (χ4n) is 4.16. The summed E-state index contributed by atoms with van der Waals surface area (Å²) in [4.78, 5) is 29.1. The molecule has 4 aromatic heterocycles. The number of aromatic nitrogens is 6. The number of fused-ring (bicyclic) bond motifs is 2. The van der Waals surface area contributed by atoms with Gasteiger partial charge in [-0.15, -0.1) is 0 Å².